The van der Waals surface area contributed by atoms with Gasteiger partial charge in [0.15, 0.2) is 0 Å². The van der Waals surface area contributed by atoms with Gasteiger partial charge in [0.2, 0.25) is 5.88 Å². The van der Waals surface area contributed by atoms with Crippen LogP contribution in [0.3, 0.4) is 0 Å². The van der Waals surface area contributed by atoms with Crippen molar-refractivity contribution in [3.8, 4) is 11.6 Å². The molecule has 2 aromatic rings. The Hall–Kier alpha value is -2.76. The quantitative estimate of drug-likeness (QED) is 0.223. The van der Waals surface area contributed by atoms with Gasteiger partial charge in [-0.3, -0.25) is 0 Å². The van der Waals surface area contributed by atoms with E-state index in [1.165, 1.54) is 23.8 Å². The fraction of sp³-hybridized carbons (Fsp3) is 0.478. The van der Waals surface area contributed by atoms with E-state index in [9.17, 15) is 0 Å². The van der Waals surface area contributed by atoms with Crippen molar-refractivity contribution in [3.05, 3.63) is 52.7 Å². The molecule has 1 aromatic carbocycles. The fourth-order valence-corrected chi connectivity index (χ4v) is 3.21. The molecule has 0 aliphatic carbocycles. The lowest BCUT2D eigenvalue weighted by molar-refractivity contribution is 0.215. The normalized spacial score (nSPS) is 11.5. The maximum atomic E-state index is 5.84. The van der Waals surface area contributed by atoms with Crippen LogP contribution >= 0.6 is 0 Å². The molecular weight excluding hydrogens is 366 g/mol. The summed E-state index contributed by atoms with van der Waals surface area (Å²) in [6.07, 6.45) is 9.93. The standard InChI is InChI=1S/C23H33N3O3/c1-6-7-12-28-21-14-18(2)22(19(3)15-21)11-9-8-10-13-29-23-16-20(17-24-27-5)25-26(23)4/h6-7,14-17H,8-13H2,1-5H3/b7-6+,24-17+. The molecule has 0 atom stereocenters. The maximum absolute atomic E-state index is 5.84. The highest BCUT2D eigenvalue weighted by Crippen LogP contribution is 2.24. The third-order valence-electron chi connectivity index (χ3n) is 4.72. The van der Waals surface area contributed by atoms with Crippen molar-refractivity contribution in [1.29, 1.82) is 0 Å². The molecule has 0 saturated heterocycles. The molecule has 6 nitrogen and oxygen atoms in total. The molecule has 158 valence electrons. The lowest BCUT2D eigenvalue weighted by atomic mass is 9.97. The molecule has 0 N–H and O–H groups in total. The van der Waals surface area contributed by atoms with E-state index in [0.717, 1.165) is 37.3 Å². The van der Waals surface area contributed by atoms with E-state index >= 15 is 0 Å². The lowest BCUT2D eigenvalue weighted by Crippen LogP contribution is -2.03. The van der Waals surface area contributed by atoms with Gasteiger partial charge in [0.05, 0.1) is 12.8 Å². The average molecular weight is 400 g/mol. The van der Waals surface area contributed by atoms with E-state index in [0.29, 0.717) is 18.9 Å². The van der Waals surface area contributed by atoms with E-state index in [1.807, 2.05) is 32.2 Å². The Balaban J connectivity index is 1.74. The zero-order valence-electron chi connectivity index (χ0n) is 18.3. The van der Waals surface area contributed by atoms with E-state index in [1.54, 1.807) is 10.9 Å². The Bertz CT molecular complexity index is 802. The highest BCUT2D eigenvalue weighted by Gasteiger charge is 2.07. The SMILES string of the molecule is C/C=C/COc1cc(C)c(CCCCCOc2cc(/C=N/OC)nn2C)c(C)c1. The smallest absolute Gasteiger partial charge is 0.212 e. The highest BCUT2D eigenvalue weighted by molar-refractivity contribution is 5.76. The van der Waals surface area contributed by atoms with Crippen molar-refractivity contribution in [2.24, 2.45) is 12.2 Å². The number of aryl methyl sites for hydroxylation is 3. The molecule has 0 aliphatic heterocycles. The Labute approximate surface area is 174 Å². The molecule has 29 heavy (non-hydrogen) atoms. The number of oxime groups is 1. The first-order valence-corrected chi connectivity index (χ1v) is 10.1. The van der Waals surface area contributed by atoms with Crippen LogP contribution in [0.25, 0.3) is 0 Å². The van der Waals surface area contributed by atoms with Gasteiger partial charge >= 0.3 is 0 Å². The molecule has 0 fully saturated rings. The van der Waals surface area contributed by atoms with Crippen molar-refractivity contribution in [1.82, 2.24) is 9.78 Å². The summed E-state index contributed by atoms with van der Waals surface area (Å²) in [6.45, 7) is 7.63. The molecule has 0 amide bonds. The van der Waals surface area contributed by atoms with Gasteiger partial charge in [-0.05, 0) is 75.3 Å². The van der Waals surface area contributed by atoms with Gasteiger partial charge < -0.3 is 14.3 Å². The molecular formula is C23H33N3O3. The van der Waals surface area contributed by atoms with Crippen LogP contribution in [-0.4, -0.2) is 36.3 Å². The number of unbranched alkanes of at least 4 members (excludes halogenated alkanes) is 2. The fourth-order valence-electron chi connectivity index (χ4n) is 3.21. The molecule has 0 saturated carbocycles. The second-order valence-corrected chi connectivity index (χ2v) is 7.02. The number of rotatable bonds is 12. The monoisotopic (exact) mass is 399 g/mol. The zero-order chi connectivity index (χ0) is 21.1. The van der Waals surface area contributed by atoms with Crippen molar-refractivity contribution in [3.63, 3.8) is 0 Å². The predicted molar refractivity (Wildman–Crippen MR) is 117 cm³/mol. The van der Waals surface area contributed by atoms with Gasteiger partial charge in [-0.1, -0.05) is 17.3 Å². The molecule has 0 spiro atoms. The van der Waals surface area contributed by atoms with E-state index in [4.69, 9.17) is 9.47 Å². The van der Waals surface area contributed by atoms with Gasteiger partial charge in [-0.2, -0.15) is 5.10 Å². The summed E-state index contributed by atoms with van der Waals surface area (Å²) in [4.78, 5) is 4.67. The summed E-state index contributed by atoms with van der Waals surface area (Å²) < 4.78 is 13.3. The van der Waals surface area contributed by atoms with Crippen LogP contribution < -0.4 is 9.47 Å². The number of ether oxygens (including phenoxy) is 2. The summed E-state index contributed by atoms with van der Waals surface area (Å²) in [5.74, 6) is 1.68. The molecule has 1 aromatic heterocycles. The van der Waals surface area contributed by atoms with Crippen molar-refractivity contribution < 1.29 is 14.3 Å². The van der Waals surface area contributed by atoms with Crippen LogP contribution in [0.4, 0.5) is 0 Å². The second-order valence-electron chi connectivity index (χ2n) is 7.02. The Morgan fingerprint density at radius 2 is 1.83 bits per heavy atom. The van der Waals surface area contributed by atoms with Gasteiger partial charge in [0, 0.05) is 13.1 Å². The molecule has 0 radical (unpaired) electrons. The number of allylic oxidation sites excluding steroid dienone is 1. The molecule has 0 aliphatic rings. The number of hydrogen-bond acceptors (Lipinski definition) is 5. The van der Waals surface area contributed by atoms with Crippen LogP contribution in [0.1, 0.15) is 48.6 Å². The summed E-state index contributed by atoms with van der Waals surface area (Å²) in [5.41, 5.74) is 4.75. The minimum Gasteiger partial charge on any atom is -0.490 e. The van der Waals surface area contributed by atoms with Crippen LogP contribution in [0.15, 0.2) is 35.5 Å². The minimum absolute atomic E-state index is 0.617. The van der Waals surface area contributed by atoms with Crippen molar-refractivity contribution in [2.45, 2.75) is 46.5 Å². The zero-order valence-corrected chi connectivity index (χ0v) is 18.3. The largest absolute Gasteiger partial charge is 0.490 e. The predicted octanol–water partition coefficient (Wildman–Crippen LogP) is 4.76. The topological polar surface area (TPSA) is 57.9 Å². The highest BCUT2D eigenvalue weighted by atomic mass is 16.6. The van der Waals surface area contributed by atoms with Crippen LogP contribution in [0.5, 0.6) is 11.6 Å². The van der Waals surface area contributed by atoms with Crippen molar-refractivity contribution in [2.75, 3.05) is 20.3 Å². The molecule has 0 bridgehead atoms. The first-order valence-electron chi connectivity index (χ1n) is 10.1. The average Bonchev–Trinajstić information content (AvgIpc) is 3.04. The summed E-state index contributed by atoms with van der Waals surface area (Å²) in [6, 6.07) is 6.14. The maximum Gasteiger partial charge on any atom is 0.212 e. The molecule has 6 heteroatoms. The summed E-state index contributed by atoms with van der Waals surface area (Å²) in [5, 5.41) is 8.02. The third-order valence-corrected chi connectivity index (χ3v) is 4.72. The summed E-state index contributed by atoms with van der Waals surface area (Å²) >= 11 is 0. The number of benzene rings is 1. The van der Waals surface area contributed by atoms with Crippen LogP contribution in [0.2, 0.25) is 0 Å². The molecule has 2 rings (SSSR count). The van der Waals surface area contributed by atoms with Crippen LogP contribution in [-0.2, 0) is 18.3 Å². The Morgan fingerprint density at radius 3 is 2.52 bits per heavy atom. The van der Waals surface area contributed by atoms with Gasteiger partial charge in [-0.15, -0.1) is 0 Å². The third kappa shape index (κ3) is 7.29. The molecule has 1 heterocycles. The second kappa shape index (κ2) is 11.9. The minimum atomic E-state index is 0.617. The summed E-state index contributed by atoms with van der Waals surface area (Å²) in [7, 11) is 3.37. The van der Waals surface area contributed by atoms with Gasteiger partial charge in [0.1, 0.15) is 25.2 Å². The number of hydrogen-bond donors (Lipinski definition) is 0. The van der Waals surface area contributed by atoms with E-state index in [2.05, 4.69) is 41.1 Å². The van der Waals surface area contributed by atoms with Crippen LogP contribution in [0, 0.1) is 13.8 Å². The van der Waals surface area contributed by atoms with Gasteiger partial charge in [0.25, 0.3) is 0 Å². The Kier molecular flexibility index (Phi) is 9.28. The van der Waals surface area contributed by atoms with E-state index < -0.39 is 0 Å². The van der Waals surface area contributed by atoms with Crippen molar-refractivity contribution >= 4 is 6.21 Å². The Morgan fingerprint density at radius 1 is 1.07 bits per heavy atom. The lowest BCUT2D eigenvalue weighted by Gasteiger charge is -2.13. The number of nitrogens with zero attached hydrogens (tertiary/aromatic N) is 3. The molecule has 0 unspecified atom stereocenters. The first kappa shape index (κ1) is 22.5. The first-order chi connectivity index (χ1) is 14.0. The van der Waals surface area contributed by atoms with E-state index in [-0.39, 0.29) is 0 Å². The van der Waals surface area contributed by atoms with Gasteiger partial charge in [-0.25, -0.2) is 4.68 Å². The number of aromatic nitrogens is 2.